The van der Waals surface area contributed by atoms with Gasteiger partial charge in [-0.15, -0.1) is 10.2 Å². The molecule has 1 aromatic heterocycles. The summed E-state index contributed by atoms with van der Waals surface area (Å²) in [5.41, 5.74) is -0.0221. The van der Waals surface area contributed by atoms with Crippen molar-refractivity contribution in [2.45, 2.75) is 6.61 Å². The van der Waals surface area contributed by atoms with Crippen molar-refractivity contribution in [2.75, 3.05) is 0 Å². The molecule has 0 N–H and O–H groups in total. The Kier molecular flexibility index (Phi) is 3.56. The van der Waals surface area contributed by atoms with Gasteiger partial charge < -0.3 is 9.30 Å². The van der Waals surface area contributed by atoms with E-state index in [4.69, 9.17) is 4.74 Å². The molecular weight excluding hydrogens is 304 g/mol. The second-order valence-electron chi connectivity index (χ2n) is 3.52. The third-order valence-corrected chi connectivity index (χ3v) is 2.94. The number of non-ortho nitro benzene ring substituents is 1. The molecule has 8 heteroatoms. The van der Waals surface area contributed by atoms with Crippen LogP contribution in [0.4, 0.5) is 5.69 Å². The fraction of sp³-hybridized carbons (Fsp3) is 0.200. The van der Waals surface area contributed by atoms with Crippen molar-refractivity contribution in [3.05, 3.63) is 44.9 Å². The van der Waals surface area contributed by atoms with E-state index in [0.717, 1.165) is 0 Å². The van der Waals surface area contributed by atoms with Gasteiger partial charge in [0.2, 0.25) is 0 Å². The fourth-order valence-corrected chi connectivity index (χ4v) is 1.66. The summed E-state index contributed by atoms with van der Waals surface area (Å²) in [6.07, 6.45) is 1.56. The Morgan fingerprint density at radius 2 is 2.33 bits per heavy atom. The van der Waals surface area contributed by atoms with E-state index in [0.29, 0.717) is 16.0 Å². The van der Waals surface area contributed by atoms with Gasteiger partial charge in [0, 0.05) is 13.1 Å². The SMILES string of the molecule is Cn1cnnc1COc1cc([N+](=O)[O-])ccc1Br. The lowest BCUT2D eigenvalue weighted by Gasteiger charge is -2.07. The Morgan fingerprint density at radius 3 is 2.94 bits per heavy atom. The highest BCUT2D eigenvalue weighted by molar-refractivity contribution is 9.10. The average molecular weight is 313 g/mol. The van der Waals surface area contributed by atoms with Gasteiger partial charge in [0.15, 0.2) is 5.82 Å². The number of hydrogen-bond donors (Lipinski definition) is 0. The highest BCUT2D eigenvalue weighted by Crippen LogP contribution is 2.29. The lowest BCUT2D eigenvalue weighted by atomic mass is 10.3. The molecule has 0 aliphatic carbocycles. The van der Waals surface area contributed by atoms with Gasteiger partial charge in [0.05, 0.1) is 15.5 Å². The Bertz CT molecular complexity index is 584. The summed E-state index contributed by atoms with van der Waals surface area (Å²) in [5, 5.41) is 18.2. The zero-order chi connectivity index (χ0) is 13.1. The summed E-state index contributed by atoms with van der Waals surface area (Å²) in [5.74, 6) is 1.03. The summed E-state index contributed by atoms with van der Waals surface area (Å²) in [7, 11) is 1.79. The first kappa shape index (κ1) is 12.5. The molecule has 0 saturated heterocycles. The smallest absolute Gasteiger partial charge is 0.273 e. The molecule has 0 aliphatic heterocycles. The van der Waals surface area contributed by atoms with E-state index in [-0.39, 0.29) is 12.3 Å². The third kappa shape index (κ3) is 2.65. The van der Waals surface area contributed by atoms with Crippen molar-refractivity contribution in [2.24, 2.45) is 7.05 Å². The van der Waals surface area contributed by atoms with E-state index in [1.807, 2.05) is 0 Å². The second kappa shape index (κ2) is 5.13. The summed E-state index contributed by atoms with van der Waals surface area (Å²) >= 11 is 3.27. The number of nitro benzene ring substituents is 1. The van der Waals surface area contributed by atoms with Crippen LogP contribution in [0.5, 0.6) is 5.75 Å². The predicted octanol–water partition coefficient (Wildman–Crippen LogP) is 2.06. The van der Waals surface area contributed by atoms with Crippen LogP contribution < -0.4 is 4.74 Å². The minimum atomic E-state index is -0.471. The van der Waals surface area contributed by atoms with Gasteiger partial charge in [0.1, 0.15) is 18.7 Å². The van der Waals surface area contributed by atoms with Crippen LogP contribution in [0.15, 0.2) is 29.0 Å². The first-order valence-corrected chi connectivity index (χ1v) is 5.77. The maximum Gasteiger partial charge on any atom is 0.273 e. The normalized spacial score (nSPS) is 10.3. The van der Waals surface area contributed by atoms with Crippen molar-refractivity contribution < 1.29 is 9.66 Å². The molecule has 0 radical (unpaired) electrons. The fourth-order valence-electron chi connectivity index (χ4n) is 1.30. The first-order chi connectivity index (χ1) is 8.58. The zero-order valence-corrected chi connectivity index (χ0v) is 11.0. The molecular formula is C10H9BrN4O3. The molecule has 0 unspecified atom stereocenters. The van der Waals surface area contributed by atoms with Crippen molar-refractivity contribution >= 4 is 21.6 Å². The van der Waals surface area contributed by atoms with E-state index in [1.165, 1.54) is 12.1 Å². The van der Waals surface area contributed by atoms with E-state index in [9.17, 15) is 10.1 Å². The van der Waals surface area contributed by atoms with Crippen LogP contribution in [0.25, 0.3) is 0 Å². The van der Waals surface area contributed by atoms with Crippen molar-refractivity contribution in [3.63, 3.8) is 0 Å². The molecule has 7 nitrogen and oxygen atoms in total. The number of aromatic nitrogens is 3. The number of hydrogen-bond acceptors (Lipinski definition) is 5. The van der Waals surface area contributed by atoms with E-state index >= 15 is 0 Å². The third-order valence-electron chi connectivity index (χ3n) is 2.29. The number of nitro groups is 1. The monoisotopic (exact) mass is 312 g/mol. The summed E-state index contributed by atoms with van der Waals surface area (Å²) in [6, 6.07) is 4.34. The highest BCUT2D eigenvalue weighted by Gasteiger charge is 2.11. The topological polar surface area (TPSA) is 83.1 Å². The Balaban J connectivity index is 2.16. The molecule has 0 fully saturated rings. The van der Waals surface area contributed by atoms with Gasteiger partial charge in [0.25, 0.3) is 5.69 Å². The Morgan fingerprint density at radius 1 is 1.56 bits per heavy atom. The molecule has 0 spiro atoms. The van der Waals surface area contributed by atoms with Gasteiger partial charge in [-0.2, -0.15) is 0 Å². The molecule has 0 amide bonds. The van der Waals surface area contributed by atoms with Gasteiger partial charge in [-0.25, -0.2) is 0 Å². The van der Waals surface area contributed by atoms with Crippen molar-refractivity contribution in [1.82, 2.24) is 14.8 Å². The number of halogens is 1. The summed E-state index contributed by atoms with van der Waals surface area (Å²) < 4.78 is 7.84. The standard InChI is InChI=1S/C10H9BrN4O3/c1-14-6-12-13-10(14)5-18-9-4-7(15(16)17)2-3-8(9)11/h2-4,6H,5H2,1H3. The molecule has 0 saturated carbocycles. The second-order valence-corrected chi connectivity index (χ2v) is 4.37. The molecule has 18 heavy (non-hydrogen) atoms. The molecule has 2 rings (SSSR count). The van der Waals surface area contributed by atoms with Crippen LogP contribution in [-0.2, 0) is 13.7 Å². The average Bonchev–Trinajstić information content (AvgIpc) is 2.73. The van der Waals surface area contributed by atoms with Crippen LogP contribution in [0.3, 0.4) is 0 Å². The predicted molar refractivity (Wildman–Crippen MR) is 66.1 cm³/mol. The molecule has 0 aliphatic rings. The van der Waals surface area contributed by atoms with Gasteiger partial charge >= 0.3 is 0 Å². The van der Waals surface area contributed by atoms with Crippen molar-refractivity contribution in [3.8, 4) is 5.75 Å². The van der Waals surface area contributed by atoms with Crippen LogP contribution >= 0.6 is 15.9 Å². The quantitative estimate of drug-likeness (QED) is 0.637. The highest BCUT2D eigenvalue weighted by atomic mass is 79.9. The number of ether oxygens (including phenoxy) is 1. The van der Waals surface area contributed by atoms with Crippen LogP contribution in [0.1, 0.15) is 5.82 Å². The molecule has 1 heterocycles. The largest absolute Gasteiger partial charge is 0.484 e. The number of nitrogens with zero attached hydrogens (tertiary/aromatic N) is 4. The summed E-state index contributed by atoms with van der Waals surface area (Å²) in [4.78, 5) is 10.2. The maximum absolute atomic E-state index is 10.7. The molecule has 2 aromatic rings. The number of benzene rings is 1. The molecule has 0 atom stereocenters. The Hall–Kier alpha value is -1.96. The molecule has 1 aromatic carbocycles. The maximum atomic E-state index is 10.7. The van der Waals surface area contributed by atoms with E-state index in [1.54, 1.807) is 24.0 Å². The van der Waals surface area contributed by atoms with Gasteiger partial charge in [-0.1, -0.05) is 0 Å². The number of aryl methyl sites for hydroxylation is 1. The minimum absolute atomic E-state index is 0.0221. The summed E-state index contributed by atoms with van der Waals surface area (Å²) in [6.45, 7) is 0.191. The van der Waals surface area contributed by atoms with Crippen LogP contribution in [0.2, 0.25) is 0 Å². The Labute approximate surface area is 111 Å². The van der Waals surface area contributed by atoms with Gasteiger partial charge in [-0.3, -0.25) is 10.1 Å². The lowest BCUT2D eigenvalue weighted by molar-refractivity contribution is -0.385. The number of rotatable bonds is 4. The first-order valence-electron chi connectivity index (χ1n) is 4.97. The van der Waals surface area contributed by atoms with E-state index < -0.39 is 4.92 Å². The van der Waals surface area contributed by atoms with E-state index in [2.05, 4.69) is 26.1 Å². The van der Waals surface area contributed by atoms with Gasteiger partial charge in [-0.05, 0) is 22.0 Å². The molecule has 94 valence electrons. The lowest BCUT2D eigenvalue weighted by Crippen LogP contribution is -2.03. The van der Waals surface area contributed by atoms with Crippen LogP contribution in [-0.4, -0.2) is 19.7 Å². The van der Waals surface area contributed by atoms with Crippen LogP contribution in [0, 0.1) is 10.1 Å². The molecule has 0 bridgehead atoms. The zero-order valence-electron chi connectivity index (χ0n) is 9.41. The minimum Gasteiger partial charge on any atom is -0.484 e. The van der Waals surface area contributed by atoms with Crippen molar-refractivity contribution in [1.29, 1.82) is 0 Å².